The van der Waals surface area contributed by atoms with Crippen molar-refractivity contribution in [3.8, 4) is 17.2 Å². The summed E-state index contributed by atoms with van der Waals surface area (Å²) < 4.78 is 60.9. The molecule has 0 saturated carbocycles. The molecule has 9 nitrogen and oxygen atoms in total. The zero-order valence-electron chi connectivity index (χ0n) is 80.3. The Bertz CT molecular complexity index is 2510. The smallest absolute Gasteiger partial charge is 0.397 e. The van der Waals surface area contributed by atoms with E-state index in [1.54, 1.807) is 0 Å². The number of unbranched alkanes of at least 4 members (excludes halogenated alkanes) is 60. The molecular weight excluding hydrogens is 1510 g/mol. The van der Waals surface area contributed by atoms with Crippen LogP contribution in [0.25, 0.3) is 0 Å². The number of benzene rings is 3. The van der Waals surface area contributed by atoms with Gasteiger partial charge >= 0.3 is 25.8 Å². The topological polar surface area (TPSA) is 83.1 Å². The third kappa shape index (κ3) is 58.4. The molecule has 0 saturated heterocycles. The van der Waals surface area contributed by atoms with Crippen LogP contribution in [0.15, 0.2) is 36.4 Å². The first-order valence-corrected chi connectivity index (χ1v) is 54.7. The first-order chi connectivity index (χ1) is 57.9. The lowest BCUT2D eigenvalue weighted by Crippen LogP contribution is -2.12. The van der Waals surface area contributed by atoms with Crippen molar-refractivity contribution in [2.75, 3.05) is 39.6 Å². The molecule has 1 unspecified atom stereocenters. The predicted molar refractivity (Wildman–Crippen MR) is 520 cm³/mol. The van der Waals surface area contributed by atoms with E-state index in [0.29, 0.717) is 39.6 Å². The SMILES string of the molecule is CCCCCCCCCCCCCOP(OCCCCCCCCCCCCC)Oc1cc(C)c(C(C)CC(c2cc(C)c(OP(OCCCCCCCCCCCCC)OCCCCCCCCCCCCC)cc2C)c2cc(C)c(OP(OCCCCCCCCCCCCC)OCCCCCCCCCCCCC)cc2C)cc1C. The van der Waals surface area contributed by atoms with Gasteiger partial charge in [0.1, 0.15) is 17.2 Å². The molecule has 0 spiro atoms. The lowest BCUT2D eigenvalue weighted by molar-refractivity contribution is 0.197. The van der Waals surface area contributed by atoms with E-state index in [-0.39, 0.29) is 11.8 Å². The highest BCUT2D eigenvalue weighted by molar-refractivity contribution is 7.42. The summed E-state index contributed by atoms with van der Waals surface area (Å²) in [5, 5.41) is 0. The molecule has 0 fully saturated rings. The van der Waals surface area contributed by atoms with Crippen molar-refractivity contribution in [3.05, 3.63) is 86.5 Å². The third-order valence-electron chi connectivity index (χ3n) is 24.7. The van der Waals surface area contributed by atoms with Crippen molar-refractivity contribution >= 4 is 25.8 Å². The lowest BCUT2D eigenvalue weighted by Gasteiger charge is -2.29. The van der Waals surface area contributed by atoms with E-state index in [9.17, 15) is 0 Å². The van der Waals surface area contributed by atoms with Crippen LogP contribution in [-0.2, 0) is 27.1 Å². The number of aryl methyl sites for hydroxylation is 6. The molecule has 3 aromatic rings. The summed E-state index contributed by atoms with van der Waals surface area (Å²) in [5.74, 6) is 2.84. The minimum Gasteiger partial charge on any atom is -0.426 e. The fourth-order valence-electron chi connectivity index (χ4n) is 16.9. The van der Waals surface area contributed by atoms with Crippen molar-refractivity contribution in [2.24, 2.45) is 0 Å². The number of hydrogen-bond donors (Lipinski definition) is 0. The molecule has 0 heterocycles. The Kier molecular flexibility index (Phi) is 74.5. The van der Waals surface area contributed by atoms with E-state index in [1.807, 2.05) is 0 Å². The van der Waals surface area contributed by atoms with E-state index in [2.05, 4.69) is 126 Å². The summed E-state index contributed by atoms with van der Waals surface area (Å²) in [7, 11) is -4.74. The van der Waals surface area contributed by atoms with Crippen molar-refractivity contribution < 1.29 is 40.7 Å². The Balaban J connectivity index is 2.00. The first kappa shape index (κ1) is 110. The largest absolute Gasteiger partial charge is 0.426 e. The highest BCUT2D eigenvalue weighted by Gasteiger charge is 2.28. The second-order valence-electron chi connectivity index (χ2n) is 36.3. The minimum atomic E-state index is -1.59. The van der Waals surface area contributed by atoms with Crippen LogP contribution in [0.1, 0.15) is 541 Å². The molecule has 686 valence electrons. The Morgan fingerprint density at radius 1 is 0.195 bits per heavy atom. The van der Waals surface area contributed by atoms with Crippen molar-refractivity contribution in [1.82, 2.24) is 0 Å². The Morgan fingerprint density at radius 2 is 0.347 bits per heavy atom. The molecule has 0 amide bonds. The molecule has 1 atom stereocenters. The quantitative estimate of drug-likeness (QED) is 0.0405. The van der Waals surface area contributed by atoms with Crippen LogP contribution in [0.3, 0.4) is 0 Å². The third-order valence-corrected chi connectivity index (χ3v) is 28.1. The van der Waals surface area contributed by atoms with Gasteiger partial charge in [-0.15, -0.1) is 0 Å². The van der Waals surface area contributed by atoms with Gasteiger partial charge in [-0.3, -0.25) is 0 Å². The van der Waals surface area contributed by atoms with E-state index in [1.165, 1.54) is 419 Å². The van der Waals surface area contributed by atoms with Gasteiger partial charge in [0.05, 0.1) is 39.6 Å². The highest BCUT2D eigenvalue weighted by atomic mass is 31.2. The fourth-order valence-corrected chi connectivity index (χ4v) is 20.1. The summed E-state index contributed by atoms with van der Waals surface area (Å²) in [5.41, 5.74) is 11.0. The van der Waals surface area contributed by atoms with Crippen molar-refractivity contribution in [2.45, 2.75) is 532 Å². The van der Waals surface area contributed by atoms with E-state index >= 15 is 0 Å². The summed E-state index contributed by atoms with van der Waals surface area (Å²) in [6.45, 7) is 33.8. The monoisotopic (exact) mass is 1700 g/mol. The molecule has 118 heavy (non-hydrogen) atoms. The lowest BCUT2D eigenvalue weighted by atomic mass is 9.77. The predicted octanol–water partition coefficient (Wildman–Crippen LogP) is 38.6. The highest BCUT2D eigenvalue weighted by Crippen LogP contribution is 2.49. The molecule has 0 aliphatic heterocycles. The maximum absolute atomic E-state index is 7.00. The molecule has 12 heteroatoms. The fraction of sp³-hybridized carbons (Fsp3) is 0.830. The second-order valence-corrected chi connectivity index (χ2v) is 39.7. The average molecular weight is 1700 g/mol. The van der Waals surface area contributed by atoms with Crippen molar-refractivity contribution in [1.29, 1.82) is 0 Å². The van der Waals surface area contributed by atoms with Crippen LogP contribution in [0.5, 0.6) is 17.2 Å². The molecule has 0 aromatic heterocycles. The van der Waals surface area contributed by atoms with Crippen LogP contribution in [0.4, 0.5) is 0 Å². The van der Waals surface area contributed by atoms with Crippen LogP contribution in [0.2, 0.25) is 0 Å². The average Bonchev–Trinajstić information content (AvgIpc) is 0.778. The van der Waals surface area contributed by atoms with Gasteiger partial charge in [0.25, 0.3) is 0 Å². The number of hydrogen-bond acceptors (Lipinski definition) is 9. The van der Waals surface area contributed by atoms with Crippen molar-refractivity contribution in [3.63, 3.8) is 0 Å². The van der Waals surface area contributed by atoms with Crippen LogP contribution < -0.4 is 13.6 Å². The molecule has 0 N–H and O–H groups in total. The minimum absolute atomic E-state index is 0.0547. The Labute approximate surface area is 737 Å². The molecule has 3 rings (SSSR count). The van der Waals surface area contributed by atoms with Crippen LogP contribution in [-0.4, -0.2) is 39.6 Å². The van der Waals surface area contributed by atoms with Crippen LogP contribution in [0, 0.1) is 41.5 Å². The van der Waals surface area contributed by atoms with Gasteiger partial charge in [-0.25, -0.2) is 0 Å². The Morgan fingerprint density at radius 3 is 0.525 bits per heavy atom. The summed E-state index contributed by atoms with van der Waals surface area (Å²) >= 11 is 0. The van der Waals surface area contributed by atoms with Gasteiger partial charge in [0.15, 0.2) is 0 Å². The van der Waals surface area contributed by atoms with Gasteiger partial charge in [-0.1, -0.05) is 452 Å². The number of rotatable bonds is 89. The Hall–Kier alpha value is -1.89. The normalized spacial score (nSPS) is 12.2. The summed E-state index contributed by atoms with van der Waals surface area (Å²) in [6, 6.07) is 14.1. The van der Waals surface area contributed by atoms with Gasteiger partial charge in [-0.05, 0) is 161 Å². The first-order valence-electron chi connectivity index (χ1n) is 51.5. The standard InChI is InChI=1S/C106H193O9P3/c1-14-20-26-32-38-44-50-56-62-68-74-80-107-116(108-81-75-69-63-57-51-45-39-33-27-21-15-2)113-104-90-94(8)100(87-97(104)11)93(7)86-103(101-88-98(12)105(91-95(101)9)114-117(109-82-76-70-64-58-52-46-40-34-28-22-16-3)110-83-77-71-65-59-53-47-41-35-29-23-17-4)102-89-99(13)106(92-96(102)10)115-118(111-84-78-72-66-60-54-48-42-36-30-24-18-5)112-85-79-73-67-61-55-49-43-37-31-25-19-6/h87-93,103H,14-86H2,1-13H3. The molecule has 0 bridgehead atoms. The van der Waals surface area contributed by atoms with E-state index in [0.717, 1.165) is 78.9 Å². The van der Waals surface area contributed by atoms with Crippen LogP contribution >= 0.6 is 25.8 Å². The van der Waals surface area contributed by atoms with E-state index in [4.69, 9.17) is 40.7 Å². The molecule has 0 radical (unpaired) electrons. The zero-order valence-corrected chi connectivity index (χ0v) is 82.9. The summed E-state index contributed by atoms with van der Waals surface area (Å²) in [6.07, 6.45) is 87.0. The molecule has 0 aliphatic carbocycles. The molecular formula is C106H193O9P3. The van der Waals surface area contributed by atoms with Gasteiger partial charge in [-0.2, -0.15) is 0 Å². The van der Waals surface area contributed by atoms with Gasteiger partial charge in [0, 0.05) is 5.92 Å². The molecule has 3 aromatic carbocycles. The van der Waals surface area contributed by atoms with Gasteiger partial charge in [0.2, 0.25) is 0 Å². The maximum atomic E-state index is 7.00. The zero-order chi connectivity index (χ0) is 85.0. The summed E-state index contributed by atoms with van der Waals surface area (Å²) in [4.78, 5) is 0. The molecule has 0 aliphatic rings. The van der Waals surface area contributed by atoms with Gasteiger partial charge < -0.3 is 40.7 Å². The second kappa shape index (κ2) is 79.7. The maximum Gasteiger partial charge on any atom is 0.397 e. The van der Waals surface area contributed by atoms with E-state index < -0.39 is 25.8 Å².